The molecule has 0 aliphatic carbocycles. The summed E-state index contributed by atoms with van der Waals surface area (Å²) >= 11 is 0. The molecule has 0 atom stereocenters. The highest BCUT2D eigenvalue weighted by atomic mass is 19.1. The van der Waals surface area contributed by atoms with E-state index in [0.717, 1.165) is 29.2 Å². The van der Waals surface area contributed by atoms with Gasteiger partial charge in [0.2, 0.25) is 0 Å². The molecule has 1 aliphatic rings. The van der Waals surface area contributed by atoms with Crippen molar-refractivity contribution in [1.82, 2.24) is 15.1 Å². The summed E-state index contributed by atoms with van der Waals surface area (Å²) in [5.74, 6) is -5.99. The van der Waals surface area contributed by atoms with Crippen LogP contribution in [-0.2, 0) is 13.0 Å². The van der Waals surface area contributed by atoms with E-state index in [9.17, 15) is 9.18 Å². The highest BCUT2D eigenvalue weighted by Gasteiger charge is 2.27. The van der Waals surface area contributed by atoms with Crippen LogP contribution in [0.3, 0.4) is 0 Å². The first-order chi connectivity index (χ1) is 21.6. The van der Waals surface area contributed by atoms with Gasteiger partial charge in [-0.15, -0.1) is 0 Å². The van der Waals surface area contributed by atoms with E-state index >= 15 is 0 Å². The maximum Gasteiger partial charge on any atom is 0.318 e. The molecule has 168 valence electrons. The molecule has 0 unspecified atom stereocenters. The molecule has 0 spiro atoms. The second-order valence-corrected chi connectivity index (χ2v) is 6.86. The molecular weight excluding hydrogens is 393 g/mol. The summed E-state index contributed by atoms with van der Waals surface area (Å²) < 4.78 is 156. The molecule has 1 aliphatic heterocycles. The molecular formula is C25H34FN3O2. The van der Waals surface area contributed by atoms with E-state index in [4.69, 9.17) is 28.0 Å². The van der Waals surface area contributed by atoms with Gasteiger partial charge in [0.25, 0.3) is 0 Å². The highest BCUT2D eigenvalue weighted by Crippen LogP contribution is 2.19. The number of amides is 2. The fourth-order valence-corrected chi connectivity index (χ4v) is 2.92. The number of nitrogens with one attached hydrogen (secondary N) is 1. The predicted molar refractivity (Wildman–Crippen MR) is 121 cm³/mol. The first-order valence-corrected chi connectivity index (χ1v) is 9.47. The Kier molecular flexibility index (Phi) is 3.41. The van der Waals surface area contributed by atoms with Crippen molar-refractivity contribution in [2.24, 2.45) is 5.89 Å². The van der Waals surface area contributed by atoms with Crippen molar-refractivity contribution in [3.05, 3.63) is 65.4 Å². The van der Waals surface area contributed by atoms with Gasteiger partial charge >= 0.3 is 6.03 Å². The molecule has 31 heavy (non-hydrogen) atoms. The average molecular weight is 445 g/mol. The summed E-state index contributed by atoms with van der Waals surface area (Å²) in [6.45, 7) is -16.7. The fraction of sp³-hybridized carbons (Fsp3) is 0.480. The Morgan fingerprint density at radius 2 is 1.97 bits per heavy atom. The topological polar surface area (TPSA) is 44.8 Å². The Hall–Kier alpha value is -2.60. The normalized spacial score (nSPS) is 25.7. The minimum atomic E-state index is -3.99. The van der Waals surface area contributed by atoms with Gasteiger partial charge in [0, 0.05) is 28.6 Å². The van der Waals surface area contributed by atoms with Gasteiger partial charge in [-0.05, 0) is 74.2 Å². The molecule has 1 heterocycles. The zero-order valence-electron chi connectivity index (χ0n) is 33.8. The van der Waals surface area contributed by atoms with Gasteiger partial charge in [-0.1, -0.05) is 37.9 Å². The quantitative estimate of drug-likeness (QED) is 0.644. The maximum atomic E-state index is 13.8. The third-order valence-electron chi connectivity index (χ3n) is 4.52. The molecule has 1 fully saturated rings. The van der Waals surface area contributed by atoms with Crippen molar-refractivity contribution in [3.8, 4) is 5.75 Å². The van der Waals surface area contributed by atoms with E-state index in [1.54, 1.807) is 0 Å². The van der Waals surface area contributed by atoms with Gasteiger partial charge in [-0.2, -0.15) is 0 Å². The predicted octanol–water partition coefficient (Wildman–Crippen LogP) is 4.67. The van der Waals surface area contributed by atoms with Crippen LogP contribution in [0.15, 0.2) is 48.4 Å². The number of urea groups is 1. The van der Waals surface area contributed by atoms with Crippen molar-refractivity contribution < 1.29 is 37.2 Å². The third-order valence-corrected chi connectivity index (χ3v) is 4.52. The number of rotatable bonds is 8. The Morgan fingerprint density at radius 1 is 1.29 bits per heavy atom. The SMILES string of the molecule is [2H]c1c([2H])c(C([2H])([2H])NC(=O)N(C2CCN(C)CC2)C([2H])([2H])c2ccc(F)cc2)c([2H])c([2H])c1OC([2H])([2H])C([2H])(C([2H])([2H])[2H])C([2H])([2H])[2H]. The molecule has 0 radical (unpaired) electrons. The zero-order chi connectivity index (χ0) is 37.0. The van der Waals surface area contributed by atoms with E-state index in [1.165, 1.54) is 0 Å². The molecule has 5 nitrogen and oxygen atoms in total. The molecule has 0 bridgehead atoms. The number of likely N-dealkylation sites (tertiary alicyclic amines) is 1. The second-order valence-electron chi connectivity index (χ2n) is 6.86. The van der Waals surface area contributed by atoms with Gasteiger partial charge in [-0.25, -0.2) is 9.18 Å². The minimum Gasteiger partial charge on any atom is -0.493 e. The van der Waals surface area contributed by atoms with Crippen molar-refractivity contribution in [2.45, 2.75) is 45.6 Å². The molecule has 3 rings (SSSR count). The van der Waals surface area contributed by atoms with Crippen LogP contribution in [0.4, 0.5) is 9.18 Å². The summed E-state index contributed by atoms with van der Waals surface area (Å²) in [5.41, 5.74) is -1.24. The lowest BCUT2D eigenvalue weighted by atomic mass is 10.0. The van der Waals surface area contributed by atoms with Crippen molar-refractivity contribution >= 4 is 6.03 Å². The summed E-state index contributed by atoms with van der Waals surface area (Å²) in [6, 6.07) is -3.03. The number of halogens is 1. The molecule has 1 N–H and O–H groups in total. The van der Waals surface area contributed by atoms with E-state index in [-0.39, 0.29) is 18.4 Å². The molecule has 2 amide bonds. The smallest absolute Gasteiger partial charge is 0.318 e. The zero-order valence-corrected chi connectivity index (χ0v) is 16.8. The van der Waals surface area contributed by atoms with Crippen LogP contribution >= 0.6 is 0 Å². The molecule has 6 heteroatoms. The van der Waals surface area contributed by atoms with Crippen LogP contribution < -0.4 is 10.1 Å². The highest BCUT2D eigenvalue weighted by molar-refractivity contribution is 5.74. The number of benzene rings is 2. The lowest BCUT2D eigenvalue weighted by Gasteiger charge is -2.37. The molecule has 1 saturated heterocycles. The summed E-state index contributed by atoms with van der Waals surface area (Å²) in [7, 11) is 1.81. The Labute approximate surface area is 209 Å². The molecule has 0 aromatic heterocycles. The van der Waals surface area contributed by atoms with Gasteiger partial charge < -0.3 is 19.9 Å². The number of nitrogens with zero attached hydrogens (tertiary/aromatic N) is 2. The van der Waals surface area contributed by atoms with Crippen molar-refractivity contribution in [2.75, 3.05) is 26.7 Å². The minimum absolute atomic E-state index is 0.141. The summed E-state index contributed by atoms with van der Waals surface area (Å²) in [4.78, 5) is 16.4. The van der Waals surface area contributed by atoms with Crippen LogP contribution in [0.25, 0.3) is 0 Å². The maximum absolute atomic E-state index is 13.8. The van der Waals surface area contributed by atoms with Crippen molar-refractivity contribution in [3.63, 3.8) is 0 Å². The van der Waals surface area contributed by atoms with Gasteiger partial charge in [-0.3, -0.25) is 0 Å². The van der Waals surface area contributed by atoms with Gasteiger partial charge in [0.1, 0.15) is 11.6 Å². The van der Waals surface area contributed by atoms with E-state index in [2.05, 4.69) is 0 Å². The summed E-state index contributed by atoms with van der Waals surface area (Å²) in [6.07, 6.45) is 0.513. The number of piperidine rings is 1. The van der Waals surface area contributed by atoms with E-state index in [0.29, 0.717) is 13.1 Å². The van der Waals surface area contributed by atoms with Gasteiger partial charge in [0.15, 0.2) is 0 Å². The monoisotopic (exact) mass is 444 g/mol. The second kappa shape index (κ2) is 11.1. The Balaban J connectivity index is 2.09. The number of carbonyl (C=O) groups excluding carboxylic acids is 1. The lowest BCUT2D eigenvalue weighted by molar-refractivity contribution is 0.127. The number of hydrogen-bond donors (Lipinski definition) is 1. The van der Waals surface area contributed by atoms with Crippen LogP contribution in [0.2, 0.25) is 0 Å². The largest absolute Gasteiger partial charge is 0.493 e. The van der Waals surface area contributed by atoms with E-state index < -0.39 is 92.5 Å². The lowest BCUT2D eigenvalue weighted by Crippen LogP contribution is -2.49. The van der Waals surface area contributed by atoms with Crippen LogP contribution in [0.5, 0.6) is 5.75 Å². The average Bonchev–Trinajstić information content (AvgIpc) is 2.93. The summed E-state index contributed by atoms with van der Waals surface area (Å²) in [5, 5.41) is 1.93. The Bertz CT molecular complexity index is 1460. The first-order valence-electron chi connectivity index (χ1n) is 18.0. The third kappa shape index (κ3) is 7.24. The first kappa shape index (κ1) is 9.49. The van der Waals surface area contributed by atoms with Crippen LogP contribution in [0, 0.1) is 11.7 Å². The number of carbonyl (C=O) groups is 1. The Morgan fingerprint density at radius 3 is 2.61 bits per heavy atom. The van der Waals surface area contributed by atoms with Crippen molar-refractivity contribution in [1.29, 1.82) is 0 Å². The standard InChI is InChI=1S/C25H34FN3O2/c1-19(2)18-31-24-10-6-20(7-11-24)16-27-25(30)29(23-12-14-28(3)15-13-23)17-21-4-8-22(26)9-5-21/h4-11,19,23H,12-18H2,1-3H3,(H,27,30)/i1D3,2D3,6D,7D,10D,11D,16D2,17D2,18D2,19D. The van der Waals surface area contributed by atoms with Gasteiger partial charge in [0.05, 0.1) is 20.3 Å². The van der Waals surface area contributed by atoms with E-state index in [1.807, 2.05) is 17.3 Å². The number of ether oxygens (including phenoxy) is 1. The molecule has 2 aromatic carbocycles. The fourth-order valence-electron chi connectivity index (χ4n) is 2.92. The van der Waals surface area contributed by atoms with Crippen LogP contribution in [0.1, 0.15) is 61.0 Å². The molecule has 2 aromatic rings. The number of hydrogen-bond acceptors (Lipinski definition) is 3. The molecule has 0 saturated carbocycles. The van der Waals surface area contributed by atoms with Crippen LogP contribution in [-0.4, -0.2) is 48.6 Å².